The van der Waals surface area contributed by atoms with Crippen molar-refractivity contribution in [2.24, 2.45) is 0 Å². The Morgan fingerprint density at radius 3 is 1.33 bits per heavy atom. The molecule has 160 valence electrons. The van der Waals surface area contributed by atoms with Gasteiger partial charge in [0.15, 0.2) is 0 Å². The molecule has 0 aromatic heterocycles. The van der Waals surface area contributed by atoms with Crippen LogP contribution in [0.2, 0.25) is 13.1 Å². The van der Waals surface area contributed by atoms with Crippen molar-refractivity contribution in [3.63, 3.8) is 0 Å². The van der Waals surface area contributed by atoms with Crippen molar-refractivity contribution in [1.29, 1.82) is 0 Å². The van der Waals surface area contributed by atoms with Gasteiger partial charge in [-0.05, 0) is 0 Å². The van der Waals surface area contributed by atoms with Crippen LogP contribution >= 0.6 is 24.8 Å². The molecule has 0 radical (unpaired) electrons. The van der Waals surface area contributed by atoms with Crippen molar-refractivity contribution >= 4 is 42.4 Å². The van der Waals surface area contributed by atoms with E-state index in [1.54, 1.807) is 22.3 Å². The van der Waals surface area contributed by atoms with Gasteiger partial charge in [0, 0.05) is 0 Å². The Morgan fingerprint density at radius 1 is 0.633 bits per heavy atom. The molecule has 0 heterocycles. The number of benzene rings is 2. The fourth-order valence-electron chi connectivity index (χ4n) is 5.58. The number of allylic oxidation sites excluding steroid dienone is 2. The van der Waals surface area contributed by atoms with Crippen LogP contribution in [0.25, 0.3) is 12.2 Å². The molecule has 0 saturated heterocycles. The van der Waals surface area contributed by atoms with Crippen molar-refractivity contribution in [1.82, 2.24) is 0 Å². The van der Waals surface area contributed by atoms with E-state index in [1.165, 1.54) is 33.4 Å². The molecule has 0 fully saturated rings. The fraction of sp³-hybridized carbons (Fsp3) is 0.385. The Balaban J connectivity index is 0.00000160. The Hall–Kier alpha value is -0.400. The second-order valence-electron chi connectivity index (χ2n) is 9.27. The summed E-state index contributed by atoms with van der Waals surface area (Å²) in [5, 5.41) is 0. The molecular formula is C26H34Cl2SiZr. The van der Waals surface area contributed by atoms with Crippen LogP contribution in [0.4, 0.5) is 0 Å². The second-order valence-corrected chi connectivity index (χ2v) is 27.1. The third kappa shape index (κ3) is 4.27. The zero-order valence-electron chi connectivity index (χ0n) is 19.4. The van der Waals surface area contributed by atoms with E-state index in [0.29, 0.717) is 0 Å². The van der Waals surface area contributed by atoms with Crippen molar-refractivity contribution < 1.29 is 20.4 Å². The van der Waals surface area contributed by atoms with Crippen LogP contribution < -0.4 is 0 Å². The van der Waals surface area contributed by atoms with Gasteiger partial charge in [0.05, 0.1) is 0 Å². The maximum Gasteiger partial charge on any atom is -0.147 e. The Kier molecular flexibility index (Phi) is 8.29. The van der Waals surface area contributed by atoms with E-state index in [2.05, 4.69) is 91.1 Å². The van der Waals surface area contributed by atoms with E-state index >= 15 is 0 Å². The second kappa shape index (κ2) is 9.62. The van der Waals surface area contributed by atoms with Gasteiger partial charge in [-0.2, -0.15) is 0 Å². The van der Waals surface area contributed by atoms with Gasteiger partial charge in [-0.3, -0.25) is 0 Å². The van der Waals surface area contributed by atoms with E-state index in [-0.39, 0.29) is 30.2 Å². The summed E-state index contributed by atoms with van der Waals surface area (Å²) in [5.41, 5.74) is 15.2. The molecule has 0 bridgehead atoms. The first-order valence-electron chi connectivity index (χ1n) is 10.4. The van der Waals surface area contributed by atoms with Crippen LogP contribution in [-0.2, 0) is 20.4 Å². The van der Waals surface area contributed by atoms with Crippen molar-refractivity contribution in [3.05, 3.63) is 79.9 Å². The zero-order valence-corrected chi connectivity index (χ0v) is 24.5. The quantitative estimate of drug-likeness (QED) is 0.339. The van der Waals surface area contributed by atoms with Gasteiger partial charge >= 0.3 is 180 Å². The molecule has 2 aliphatic carbocycles. The first kappa shape index (κ1) is 25.9. The first-order valence-corrected chi connectivity index (χ1v) is 19.5. The van der Waals surface area contributed by atoms with Crippen LogP contribution in [0.3, 0.4) is 0 Å². The number of rotatable bonds is 2. The maximum absolute atomic E-state index is 2.61. The number of halogens is 2. The molecule has 0 amide bonds. The summed E-state index contributed by atoms with van der Waals surface area (Å²) in [6.45, 7) is 19.2. The normalized spacial score (nSPS) is 18.5. The molecule has 2 unspecified atom stereocenters. The van der Waals surface area contributed by atoms with E-state index < -0.39 is 20.4 Å². The molecule has 2 aliphatic rings. The molecule has 0 saturated carbocycles. The molecule has 0 spiro atoms. The van der Waals surface area contributed by atoms with Gasteiger partial charge in [0.2, 0.25) is 0 Å². The topological polar surface area (TPSA) is 0 Å². The van der Waals surface area contributed by atoms with E-state index in [0.717, 1.165) is 7.25 Å². The minimum absolute atomic E-state index is 0. The molecule has 2 atom stereocenters. The summed E-state index contributed by atoms with van der Waals surface area (Å²) in [4.78, 5) is 0. The van der Waals surface area contributed by atoms with Gasteiger partial charge in [0.1, 0.15) is 0 Å². The molecule has 2 aromatic rings. The molecule has 0 nitrogen and oxygen atoms in total. The fourth-order valence-corrected chi connectivity index (χ4v) is 26.2. The van der Waals surface area contributed by atoms with Crippen molar-refractivity contribution in [2.75, 3.05) is 0 Å². The summed E-state index contributed by atoms with van der Waals surface area (Å²) in [5.74, 6) is 0. The molecular weight excluding hydrogens is 503 g/mol. The Morgan fingerprint density at radius 2 is 1.00 bits per heavy atom. The number of hydrogen-bond acceptors (Lipinski definition) is 0. The van der Waals surface area contributed by atoms with E-state index in [1.807, 2.05) is 0 Å². The van der Waals surface area contributed by atoms with Crippen LogP contribution in [-0.4, -0.2) is 5.43 Å². The third-order valence-corrected chi connectivity index (χ3v) is 26.5. The van der Waals surface area contributed by atoms with Gasteiger partial charge in [-0.1, -0.05) is 0 Å². The van der Waals surface area contributed by atoms with E-state index in [4.69, 9.17) is 0 Å². The van der Waals surface area contributed by atoms with Crippen molar-refractivity contribution in [3.8, 4) is 0 Å². The summed E-state index contributed by atoms with van der Waals surface area (Å²) in [7, 11) is 0. The predicted molar refractivity (Wildman–Crippen MR) is 137 cm³/mol. The number of aryl methyl sites for hydroxylation is 4. The summed E-state index contributed by atoms with van der Waals surface area (Å²) < 4.78 is 1.50. The summed E-state index contributed by atoms with van der Waals surface area (Å²) >= 11 is -1.87. The molecule has 30 heavy (non-hydrogen) atoms. The predicted octanol–water partition coefficient (Wildman–Crippen LogP) is 8.25. The minimum Gasteiger partial charge on any atom is -0.147 e. The van der Waals surface area contributed by atoms with Crippen LogP contribution in [0.5, 0.6) is 0 Å². The monoisotopic (exact) mass is 534 g/mol. The average Bonchev–Trinajstić information content (AvgIpc) is 3.07. The zero-order chi connectivity index (χ0) is 20.3. The molecule has 4 heteroatoms. The van der Waals surface area contributed by atoms with Crippen molar-refractivity contribution in [2.45, 2.75) is 61.9 Å². The van der Waals surface area contributed by atoms with Gasteiger partial charge < -0.3 is 0 Å². The molecule has 4 rings (SSSR count). The Bertz CT molecular complexity index is 1020. The molecule has 0 N–H and O–H groups in total. The maximum atomic E-state index is 2.61. The first-order chi connectivity index (χ1) is 13.2. The van der Waals surface area contributed by atoms with Crippen LogP contribution in [0.15, 0.2) is 35.4 Å². The molecule has 2 aromatic carbocycles. The number of fused-ring (bicyclic) bond motifs is 2. The van der Waals surface area contributed by atoms with Gasteiger partial charge in [0.25, 0.3) is 0 Å². The van der Waals surface area contributed by atoms with Crippen LogP contribution in [0, 0.1) is 27.7 Å². The SMILES string of the molecule is CC1=Cc2c(C)cc(C)cc2[CH]1[Zr]([CH]1C(C)=Cc2c(C)cc(C)cc21)=[Si](C)C.Cl.Cl. The summed E-state index contributed by atoms with van der Waals surface area (Å²) in [6, 6.07) is 9.75. The minimum atomic E-state index is -1.87. The number of hydrogen-bond donors (Lipinski definition) is 0. The average molecular weight is 537 g/mol. The smallest absolute Gasteiger partial charge is 0.147 e. The Labute approximate surface area is 203 Å². The molecule has 0 aliphatic heterocycles. The van der Waals surface area contributed by atoms with Crippen LogP contribution in [0.1, 0.15) is 65.6 Å². The van der Waals surface area contributed by atoms with Gasteiger partial charge in [-0.25, -0.2) is 0 Å². The van der Waals surface area contributed by atoms with E-state index in [9.17, 15) is 0 Å². The largest absolute Gasteiger partial charge is 0.147 e. The van der Waals surface area contributed by atoms with Gasteiger partial charge in [-0.15, -0.1) is 24.8 Å². The third-order valence-electron chi connectivity index (χ3n) is 6.60. The standard InChI is InChI=1S/2C12H13.C2H6Si.2ClH.Zr/c2*1-8-4-10(3)12-7-9(2)6-11(12)5-8;1-3-2;;;/h2*4-7H,1-3H3;1-2H3;2*1H;. The summed E-state index contributed by atoms with van der Waals surface area (Å²) in [6.07, 6.45) is 5.05.